The van der Waals surface area contributed by atoms with Gasteiger partial charge in [-0.25, -0.2) is 13.1 Å². The van der Waals surface area contributed by atoms with Gasteiger partial charge in [0.1, 0.15) is 5.75 Å². The van der Waals surface area contributed by atoms with Crippen LogP contribution < -0.4 is 9.46 Å². The van der Waals surface area contributed by atoms with Gasteiger partial charge in [0.05, 0.1) is 18.6 Å². The lowest BCUT2D eigenvalue weighted by atomic mass is 10.2. The number of aryl methyl sites for hydroxylation is 1. The highest BCUT2D eigenvalue weighted by molar-refractivity contribution is 7.89. The fraction of sp³-hybridized carbons (Fsp3) is 0.500. The van der Waals surface area contributed by atoms with Gasteiger partial charge in [0.25, 0.3) is 0 Å². The van der Waals surface area contributed by atoms with Gasteiger partial charge < -0.3 is 9.47 Å². The second-order valence-electron chi connectivity index (χ2n) is 4.11. The van der Waals surface area contributed by atoms with E-state index in [4.69, 9.17) is 9.47 Å². The molecule has 1 aromatic rings. The molecule has 0 saturated carbocycles. The minimum Gasteiger partial charge on any atom is -0.496 e. The molecule has 0 aromatic heterocycles. The summed E-state index contributed by atoms with van der Waals surface area (Å²) in [6, 6.07) is 4.47. The Kier molecular flexibility index (Phi) is 5.13. The van der Waals surface area contributed by atoms with Crippen molar-refractivity contribution in [3.05, 3.63) is 23.8 Å². The lowest BCUT2D eigenvalue weighted by molar-refractivity contribution is 0.180. The molecule has 18 heavy (non-hydrogen) atoms. The third-order valence-corrected chi connectivity index (χ3v) is 4.04. The Morgan fingerprint density at radius 2 is 2.00 bits per heavy atom. The highest BCUT2D eigenvalue weighted by atomic mass is 32.2. The molecule has 1 N–H and O–H groups in total. The number of methoxy groups -OCH3 is 2. The van der Waals surface area contributed by atoms with Crippen LogP contribution in [0, 0.1) is 6.92 Å². The maximum absolute atomic E-state index is 12.1. The lowest BCUT2D eigenvalue weighted by Crippen LogP contribution is -2.35. The molecule has 0 fully saturated rings. The number of benzene rings is 1. The predicted molar refractivity (Wildman–Crippen MR) is 69.4 cm³/mol. The molecule has 102 valence electrons. The molecule has 1 rings (SSSR count). The summed E-state index contributed by atoms with van der Waals surface area (Å²) in [6.07, 6.45) is 0. The molecule has 0 spiro atoms. The van der Waals surface area contributed by atoms with Crippen LogP contribution in [0.4, 0.5) is 0 Å². The quantitative estimate of drug-likeness (QED) is 0.849. The zero-order valence-corrected chi connectivity index (χ0v) is 11.9. The first-order chi connectivity index (χ1) is 8.40. The summed E-state index contributed by atoms with van der Waals surface area (Å²) < 4.78 is 36.7. The van der Waals surface area contributed by atoms with Crippen LogP contribution in [0.5, 0.6) is 5.75 Å². The average molecular weight is 273 g/mol. The molecule has 0 unspecified atom stereocenters. The van der Waals surface area contributed by atoms with Crippen molar-refractivity contribution < 1.29 is 17.9 Å². The molecule has 0 saturated heterocycles. The van der Waals surface area contributed by atoms with Crippen LogP contribution >= 0.6 is 0 Å². The Labute approximate surface area is 108 Å². The van der Waals surface area contributed by atoms with Crippen molar-refractivity contribution in [1.82, 2.24) is 4.72 Å². The third kappa shape index (κ3) is 3.69. The van der Waals surface area contributed by atoms with E-state index in [0.29, 0.717) is 12.4 Å². The monoisotopic (exact) mass is 273 g/mol. The minimum absolute atomic E-state index is 0.226. The van der Waals surface area contributed by atoms with Gasteiger partial charge in [0.2, 0.25) is 10.0 Å². The zero-order chi connectivity index (χ0) is 13.8. The van der Waals surface area contributed by atoms with Crippen LogP contribution in [0.3, 0.4) is 0 Å². The Morgan fingerprint density at radius 3 is 2.50 bits per heavy atom. The fourth-order valence-electron chi connectivity index (χ4n) is 1.63. The average Bonchev–Trinajstić information content (AvgIpc) is 2.28. The molecular weight excluding hydrogens is 254 g/mol. The van der Waals surface area contributed by atoms with E-state index < -0.39 is 10.0 Å². The summed E-state index contributed by atoms with van der Waals surface area (Å²) in [7, 11) is -0.434. The molecule has 0 aliphatic rings. The first kappa shape index (κ1) is 14.9. The number of hydrogen-bond acceptors (Lipinski definition) is 4. The first-order valence-corrected chi connectivity index (χ1v) is 7.05. The van der Waals surface area contributed by atoms with Crippen LogP contribution in [-0.2, 0) is 14.8 Å². The molecule has 0 heterocycles. The van der Waals surface area contributed by atoms with E-state index in [9.17, 15) is 8.42 Å². The van der Waals surface area contributed by atoms with Gasteiger partial charge in [-0.05, 0) is 37.6 Å². The summed E-state index contributed by atoms with van der Waals surface area (Å²) in [5, 5.41) is 0. The van der Waals surface area contributed by atoms with Gasteiger partial charge in [0.15, 0.2) is 0 Å². The van der Waals surface area contributed by atoms with Crippen molar-refractivity contribution in [2.45, 2.75) is 24.8 Å². The Bertz CT molecular complexity index is 499. The fourth-order valence-corrected chi connectivity index (χ4v) is 2.95. The van der Waals surface area contributed by atoms with Crippen LogP contribution in [0.1, 0.15) is 12.5 Å². The van der Waals surface area contributed by atoms with Crippen molar-refractivity contribution in [2.75, 3.05) is 20.8 Å². The van der Waals surface area contributed by atoms with Gasteiger partial charge >= 0.3 is 0 Å². The molecule has 5 nitrogen and oxygen atoms in total. The van der Waals surface area contributed by atoms with E-state index in [1.54, 1.807) is 33.1 Å². The lowest BCUT2D eigenvalue weighted by Gasteiger charge is -2.14. The molecular formula is C12H19NO4S. The van der Waals surface area contributed by atoms with Crippen molar-refractivity contribution >= 4 is 10.0 Å². The van der Waals surface area contributed by atoms with Crippen molar-refractivity contribution in [1.29, 1.82) is 0 Å². The van der Waals surface area contributed by atoms with Gasteiger partial charge in [-0.15, -0.1) is 0 Å². The van der Waals surface area contributed by atoms with E-state index in [1.165, 1.54) is 13.2 Å². The number of sulfonamides is 1. The molecule has 0 radical (unpaired) electrons. The van der Waals surface area contributed by atoms with Gasteiger partial charge in [-0.1, -0.05) is 0 Å². The summed E-state index contributed by atoms with van der Waals surface area (Å²) in [4.78, 5) is 0.226. The van der Waals surface area contributed by atoms with Crippen molar-refractivity contribution in [2.24, 2.45) is 0 Å². The molecule has 0 bridgehead atoms. The summed E-state index contributed by atoms with van der Waals surface area (Å²) in [5.74, 6) is 0.666. The SMILES string of the molecule is COC[C@@H](C)NS(=O)(=O)c1ccc(OC)c(C)c1. The molecule has 0 aliphatic carbocycles. The number of nitrogens with one attached hydrogen (secondary N) is 1. The summed E-state index contributed by atoms with van der Waals surface area (Å²) in [6.45, 7) is 3.88. The molecule has 6 heteroatoms. The van der Waals surface area contributed by atoms with E-state index in [-0.39, 0.29) is 10.9 Å². The second kappa shape index (κ2) is 6.17. The highest BCUT2D eigenvalue weighted by Gasteiger charge is 2.18. The van der Waals surface area contributed by atoms with Crippen LogP contribution in [0.2, 0.25) is 0 Å². The Hall–Kier alpha value is -1.11. The highest BCUT2D eigenvalue weighted by Crippen LogP contribution is 2.21. The second-order valence-corrected chi connectivity index (χ2v) is 5.82. The van der Waals surface area contributed by atoms with E-state index in [0.717, 1.165) is 5.56 Å². The van der Waals surface area contributed by atoms with E-state index in [2.05, 4.69) is 4.72 Å². The van der Waals surface area contributed by atoms with Crippen LogP contribution in [-0.4, -0.2) is 35.3 Å². The maximum Gasteiger partial charge on any atom is 0.240 e. The van der Waals surface area contributed by atoms with Crippen LogP contribution in [0.25, 0.3) is 0 Å². The molecule has 0 amide bonds. The van der Waals surface area contributed by atoms with Crippen LogP contribution in [0.15, 0.2) is 23.1 Å². The Morgan fingerprint density at radius 1 is 1.33 bits per heavy atom. The standard InChI is InChI=1S/C12H19NO4S/c1-9-7-11(5-6-12(9)17-4)18(14,15)13-10(2)8-16-3/h5-7,10,13H,8H2,1-4H3/t10-/m1/s1. The van der Waals surface area contributed by atoms with Gasteiger partial charge in [-0.2, -0.15) is 0 Å². The number of hydrogen-bond donors (Lipinski definition) is 1. The molecule has 1 aromatic carbocycles. The van der Waals surface area contributed by atoms with Gasteiger partial charge in [0, 0.05) is 13.2 Å². The largest absolute Gasteiger partial charge is 0.496 e. The van der Waals surface area contributed by atoms with Crippen molar-refractivity contribution in [3.8, 4) is 5.75 Å². The maximum atomic E-state index is 12.1. The first-order valence-electron chi connectivity index (χ1n) is 5.56. The minimum atomic E-state index is -3.51. The smallest absolute Gasteiger partial charge is 0.240 e. The summed E-state index contributed by atoms with van der Waals surface area (Å²) >= 11 is 0. The van der Waals surface area contributed by atoms with E-state index in [1.807, 2.05) is 0 Å². The number of rotatable bonds is 6. The van der Waals surface area contributed by atoms with E-state index >= 15 is 0 Å². The third-order valence-electron chi connectivity index (χ3n) is 2.45. The van der Waals surface area contributed by atoms with Crippen molar-refractivity contribution in [3.63, 3.8) is 0 Å². The zero-order valence-electron chi connectivity index (χ0n) is 11.1. The summed E-state index contributed by atoms with van der Waals surface area (Å²) in [5.41, 5.74) is 0.778. The number of ether oxygens (including phenoxy) is 2. The Balaban J connectivity index is 2.95. The normalized spacial score (nSPS) is 13.3. The molecule has 0 aliphatic heterocycles. The topological polar surface area (TPSA) is 64.6 Å². The predicted octanol–water partition coefficient (Wildman–Crippen LogP) is 1.32. The molecule has 1 atom stereocenters. The van der Waals surface area contributed by atoms with Gasteiger partial charge in [-0.3, -0.25) is 0 Å².